The molecule has 0 N–H and O–H groups in total. The number of hydrogen-bond donors (Lipinski definition) is 0. The average Bonchev–Trinajstić information content (AvgIpc) is 2.97. The van der Waals surface area contributed by atoms with Gasteiger partial charge in [-0.1, -0.05) is 13.8 Å². The molecule has 2 heterocycles. The van der Waals surface area contributed by atoms with Crippen molar-refractivity contribution in [3.8, 4) is 0 Å². The summed E-state index contributed by atoms with van der Waals surface area (Å²) >= 11 is 0. The molecular formula is C11H21ClO4. The fourth-order valence-corrected chi connectivity index (χ4v) is 1.30. The summed E-state index contributed by atoms with van der Waals surface area (Å²) in [5.74, 6) is 0. The molecule has 0 spiro atoms. The fourth-order valence-electron chi connectivity index (χ4n) is 1.30. The van der Waals surface area contributed by atoms with E-state index in [1.54, 1.807) is 0 Å². The van der Waals surface area contributed by atoms with Gasteiger partial charge in [0.1, 0.15) is 12.2 Å². The largest absolute Gasteiger partial charge is 0.378 e. The smallest absolute Gasteiger partial charge is 0.104 e. The summed E-state index contributed by atoms with van der Waals surface area (Å²) in [4.78, 5) is 0. The summed E-state index contributed by atoms with van der Waals surface area (Å²) in [5.41, 5.74) is 0.0732. The van der Waals surface area contributed by atoms with E-state index in [-0.39, 0.29) is 17.8 Å². The summed E-state index contributed by atoms with van der Waals surface area (Å²) in [6.45, 7) is 8.88. The second kappa shape index (κ2) is 6.17. The first-order valence-electron chi connectivity index (χ1n) is 5.54. The molecule has 2 aliphatic heterocycles. The molecule has 0 aromatic rings. The average molecular weight is 253 g/mol. The molecule has 2 fully saturated rings. The molecule has 0 radical (unpaired) electrons. The lowest BCUT2D eigenvalue weighted by Crippen LogP contribution is -2.27. The van der Waals surface area contributed by atoms with E-state index in [2.05, 4.69) is 13.8 Å². The number of epoxide rings is 2. The monoisotopic (exact) mass is 252 g/mol. The highest BCUT2D eigenvalue weighted by molar-refractivity contribution is 5.85. The molecule has 2 unspecified atom stereocenters. The van der Waals surface area contributed by atoms with E-state index in [1.807, 2.05) is 0 Å². The Kier molecular flexibility index (Phi) is 5.47. The first-order chi connectivity index (χ1) is 7.16. The van der Waals surface area contributed by atoms with Crippen LogP contribution in [0.15, 0.2) is 0 Å². The van der Waals surface area contributed by atoms with E-state index in [0.717, 1.165) is 39.6 Å². The Hall–Kier alpha value is 0.130. The third kappa shape index (κ3) is 6.01. The molecule has 0 aliphatic carbocycles. The van der Waals surface area contributed by atoms with Crippen molar-refractivity contribution in [1.82, 2.24) is 0 Å². The van der Waals surface area contributed by atoms with Gasteiger partial charge in [0.05, 0.1) is 39.6 Å². The lowest BCUT2D eigenvalue weighted by atomic mass is 9.96. The van der Waals surface area contributed by atoms with Gasteiger partial charge in [0.2, 0.25) is 0 Å². The SMILES string of the molecule is CC(C)(COCC1CO1)COCC1CO1.Cl. The molecule has 5 heteroatoms. The van der Waals surface area contributed by atoms with Gasteiger partial charge in [-0.05, 0) is 0 Å². The van der Waals surface area contributed by atoms with Crippen LogP contribution in [0, 0.1) is 5.41 Å². The summed E-state index contributed by atoms with van der Waals surface area (Å²) in [6, 6.07) is 0. The van der Waals surface area contributed by atoms with Crippen molar-refractivity contribution in [3.63, 3.8) is 0 Å². The molecule has 2 saturated heterocycles. The van der Waals surface area contributed by atoms with Gasteiger partial charge >= 0.3 is 0 Å². The second-order valence-corrected chi connectivity index (χ2v) is 5.11. The quantitative estimate of drug-likeness (QED) is 0.610. The van der Waals surface area contributed by atoms with Crippen LogP contribution in [-0.4, -0.2) is 51.8 Å². The van der Waals surface area contributed by atoms with Crippen molar-refractivity contribution in [2.24, 2.45) is 5.41 Å². The lowest BCUT2D eigenvalue weighted by Gasteiger charge is -2.23. The zero-order chi connectivity index (χ0) is 10.7. The zero-order valence-corrected chi connectivity index (χ0v) is 10.8. The molecule has 0 saturated carbocycles. The molecule has 0 bridgehead atoms. The molecular weight excluding hydrogens is 232 g/mol. The summed E-state index contributed by atoms with van der Waals surface area (Å²) in [6.07, 6.45) is 0.697. The topological polar surface area (TPSA) is 43.5 Å². The molecule has 16 heavy (non-hydrogen) atoms. The summed E-state index contributed by atoms with van der Waals surface area (Å²) in [7, 11) is 0. The minimum Gasteiger partial charge on any atom is -0.378 e. The molecule has 0 aromatic carbocycles. The van der Waals surface area contributed by atoms with Crippen LogP contribution in [0.3, 0.4) is 0 Å². The van der Waals surface area contributed by atoms with Crippen LogP contribution < -0.4 is 0 Å². The normalized spacial score (nSPS) is 27.4. The molecule has 4 nitrogen and oxygen atoms in total. The molecule has 0 aromatic heterocycles. The van der Waals surface area contributed by atoms with E-state index in [1.165, 1.54) is 0 Å². The maximum absolute atomic E-state index is 5.56. The molecule has 2 atom stereocenters. The second-order valence-electron chi connectivity index (χ2n) is 5.11. The van der Waals surface area contributed by atoms with Gasteiger partial charge in [-0.2, -0.15) is 0 Å². The molecule has 96 valence electrons. The van der Waals surface area contributed by atoms with E-state index >= 15 is 0 Å². The van der Waals surface area contributed by atoms with Crippen LogP contribution in [0.1, 0.15) is 13.8 Å². The highest BCUT2D eigenvalue weighted by Crippen LogP contribution is 2.19. The third-order valence-electron chi connectivity index (χ3n) is 2.40. The van der Waals surface area contributed by atoms with Crippen LogP contribution in [0.4, 0.5) is 0 Å². The van der Waals surface area contributed by atoms with Gasteiger partial charge < -0.3 is 18.9 Å². The Bertz CT molecular complexity index is 182. The van der Waals surface area contributed by atoms with Gasteiger partial charge in [-0.15, -0.1) is 12.4 Å². The van der Waals surface area contributed by atoms with E-state index in [0.29, 0.717) is 12.2 Å². The maximum atomic E-state index is 5.56. The summed E-state index contributed by atoms with van der Waals surface area (Å²) < 4.78 is 21.3. The van der Waals surface area contributed by atoms with E-state index in [9.17, 15) is 0 Å². The molecule has 2 rings (SSSR count). The van der Waals surface area contributed by atoms with Gasteiger partial charge in [-0.3, -0.25) is 0 Å². The number of halogens is 1. The lowest BCUT2D eigenvalue weighted by molar-refractivity contribution is -0.0101. The van der Waals surface area contributed by atoms with Crippen LogP contribution in [0.5, 0.6) is 0 Å². The Morgan fingerprint density at radius 2 is 1.38 bits per heavy atom. The van der Waals surface area contributed by atoms with Crippen LogP contribution >= 0.6 is 12.4 Å². The van der Waals surface area contributed by atoms with Crippen molar-refractivity contribution in [1.29, 1.82) is 0 Å². The van der Waals surface area contributed by atoms with Crippen molar-refractivity contribution < 1.29 is 18.9 Å². The Labute approximate surface area is 103 Å². The standard InChI is InChI=1S/C11H20O4.ClH/c1-11(2,7-12-3-9-5-14-9)8-13-4-10-6-15-10;/h9-10H,3-8H2,1-2H3;1H. The maximum Gasteiger partial charge on any atom is 0.104 e. The summed E-state index contributed by atoms with van der Waals surface area (Å²) in [5, 5.41) is 0. The predicted octanol–water partition coefficient (Wildman–Crippen LogP) is 1.27. The van der Waals surface area contributed by atoms with Gasteiger partial charge in [0.15, 0.2) is 0 Å². The van der Waals surface area contributed by atoms with Gasteiger partial charge in [0, 0.05) is 5.41 Å². The first kappa shape index (κ1) is 14.2. The van der Waals surface area contributed by atoms with Crippen molar-refractivity contribution in [3.05, 3.63) is 0 Å². The highest BCUT2D eigenvalue weighted by Gasteiger charge is 2.27. The molecule has 2 aliphatic rings. The van der Waals surface area contributed by atoms with Crippen LogP contribution in [-0.2, 0) is 18.9 Å². The zero-order valence-electron chi connectivity index (χ0n) is 9.94. The number of rotatable bonds is 8. The third-order valence-corrected chi connectivity index (χ3v) is 2.40. The number of hydrogen-bond acceptors (Lipinski definition) is 4. The predicted molar refractivity (Wildman–Crippen MR) is 62.1 cm³/mol. The van der Waals surface area contributed by atoms with Crippen molar-refractivity contribution >= 4 is 12.4 Å². The first-order valence-corrected chi connectivity index (χ1v) is 5.54. The minimum absolute atomic E-state index is 0. The molecule has 0 amide bonds. The Morgan fingerprint density at radius 3 is 1.69 bits per heavy atom. The van der Waals surface area contributed by atoms with Crippen LogP contribution in [0.2, 0.25) is 0 Å². The number of ether oxygens (including phenoxy) is 4. The van der Waals surface area contributed by atoms with Crippen LogP contribution in [0.25, 0.3) is 0 Å². The van der Waals surface area contributed by atoms with E-state index in [4.69, 9.17) is 18.9 Å². The Balaban J connectivity index is 0.00000128. The van der Waals surface area contributed by atoms with Gasteiger partial charge in [-0.25, -0.2) is 0 Å². The van der Waals surface area contributed by atoms with Crippen molar-refractivity contribution in [2.75, 3.05) is 39.6 Å². The Morgan fingerprint density at radius 1 is 1.00 bits per heavy atom. The van der Waals surface area contributed by atoms with Gasteiger partial charge in [0.25, 0.3) is 0 Å². The fraction of sp³-hybridized carbons (Fsp3) is 1.00. The van der Waals surface area contributed by atoms with E-state index < -0.39 is 0 Å². The minimum atomic E-state index is 0. The highest BCUT2D eigenvalue weighted by atomic mass is 35.5. The van der Waals surface area contributed by atoms with Crippen molar-refractivity contribution in [2.45, 2.75) is 26.1 Å².